The van der Waals surface area contributed by atoms with Crippen molar-refractivity contribution < 1.29 is 31.9 Å². The van der Waals surface area contributed by atoms with Gasteiger partial charge < -0.3 is 20.2 Å². The Morgan fingerprint density at radius 2 is 1.90 bits per heavy atom. The van der Waals surface area contributed by atoms with Gasteiger partial charge in [0.1, 0.15) is 24.1 Å². The first-order valence-corrected chi connectivity index (χ1v) is 9.19. The predicted octanol–water partition coefficient (Wildman–Crippen LogP) is 3.70. The van der Waals surface area contributed by atoms with Gasteiger partial charge in [-0.1, -0.05) is 0 Å². The third-order valence-electron chi connectivity index (χ3n) is 4.25. The summed E-state index contributed by atoms with van der Waals surface area (Å²) >= 11 is 5.36. The number of nitrogen functional groups attached to an aromatic ring is 1. The minimum Gasteiger partial charge on any atom is -0.461 e. The lowest BCUT2D eigenvalue weighted by Crippen LogP contribution is -2.13. The zero-order valence-electron chi connectivity index (χ0n) is 15.9. The van der Waals surface area contributed by atoms with Crippen molar-refractivity contribution in [3.63, 3.8) is 0 Å². The fourth-order valence-electron chi connectivity index (χ4n) is 2.81. The van der Waals surface area contributed by atoms with Gasteiger partial charge in [0.2, 0.25) is 5.91 Å². The highest BCUT2D eigenvalue weighted by Crippen LogP contribution is 2.32. The van der Waals surface area contributed by atoms with Crippen molar-refractivity contribution in [1.82, 2.24) is 0 Å². The average molecular weight is 455 g/mol. The molecule has 0 saturated carbocycles. The van der Waals surface area contributed by atoms with E-state index in [2.05, 4.69) is 10.1 Å². The largest absolute Gasteiger partial charge is 0.461 e. The summed E-state index contributed by atoms with van der Waals surface area (Å²) in [7, 11) is 0. The van der Waals surface area contributed by atoms with Gasteiger partial charge >= 0.3 is 5.97 Å². The number of fused-ring (bicyclic) bond motifs is 1. The molecule has 0 aliphatic heterocycles. The van der Waals surface area contributed by atoms with Gasteiger partial charge in [0.15, 0.2) is 22.6 Å². The van der Waals surface area contributed by atoms with Crippen LogP contribution in [0.3, 0.4) is 0 Å². The van der Waals surface area contributed by atoms with E-state index in [9.17, 15) is 27.6 Å². The SMILES string of the molecule is CC(=O)OCc1c(F)c(N)c2c(=O)cc(-c3ccc(NC(=O)CCl)c(F)c3)oc2c1F. The van der Waals surface area contributed by atoms with Crippen molar-refractivity contribution in [2.45, 2.75) is 13.5 Å². The number of ether oxygens (including phenoxy) is 1. The molecule has 0 fully saturated rings. The summed E-state index contributed by atoms with van der Waals surface area (Å²) in [6.45, 7) is 0.275. The number of rotatable bonds is 5. The number of carbonyl (C=O) groups is 2. The van der Waals surface area contributed by atoms with Gasteiger partial charge in [-0.25, -0.2) is 13.2 Å². The molecule has 0 bridgehead atoms. The number of nitrogens with two attached hydrogens (primary N) is 1. The molecule has 0 aliphatic rings. The van der Waals surface area contributed by atoms with Crippen LogP contribution < -0.4 is 16.5 Å². The smallest absolute Gasteiger partial charge is 0.302 e. The molecule has 2 aromatic carbocycles. The fraction of sp³-hybridized carbons (Fsp3) is 0.150. The maximum atomic E-state index is 14.9. The number of esters is 1. The van der Waals surface area contributed by atoms with E-state index >= 15 is 0 Å². The van der Waals surface area contributed by atoms with Gasteiger partial charge in [0, 0.05) is 18.6 Å². The van der Waals surface area contributed by atoms with E-state index in [4.69, 9.17) is 21.8 Å². The summed E-state index contributed by atoms with van der Waals surface area (Å²) < 4.78 is 53.7. The maximum Gasteiger partial charge on any atom is 0.302 e. The Kier molecular flexibility index (Phi) is 6.21. The highest BCUT2D eigenvalue weighted by atomic mass is 35.5. The number of halogens is 4. The first kappa shape index (κ1) is 22.2. The first-order valence-electron chi connectivity index (χ1n) is 8.66. The van der Waals surface area contributed by atoms with Crippen LogP contribution >= 0.6 is 11.6 Å². The van der Waals surface area contributed by atoms with Crippen molar-refractivity contribution in [2.75, 3.05) is 16.9 Å². The predicted molar refractivity (Wildman–Crippen MR) is 107 cm³/mol. The van der Waals surface area contributed by atoms with Gasteiger partial charge in [-0.05, 0) is 18.2 Å². The van der Waals surface area contributed by atoms with Crippen LogP contribution in [0.25, 0.3) is 22.3 Å². The molecule has 0 unspecified atom stereocenters. The number of anilines is 2. The van der Waals surface area contributed by atoms with Crippen LogP contribution in [0.1, 0.15) is 12.5 Å². The zero-order valence-corrected chi connectivity index (χ0v) is 16.6. The lowest BCUT2D eigenvalue weighted by atomic mass is 10.1. The third kappa shape index (κ3) is 4.33. The maximum absolute atomic E-state index is 14.9. The van der Waals surface area contributed by atoms with Gasteiger partial charge in [-0.2, -0.15) is 0 Å². The zero-order chi connectivity index (χ0) is 22.9. The standard InChI is InChI=1S/C20H14ClF3N2O5/c1-8(27)30-7-10-17(23)19(25)16-13(28)5-14(31-20(16)18(10)24)9-2-3-12(11(22)4-9)26-15(29)6-21/h2-5H,6-7,25H2,1H3,(H,26,29). The molecule has 11 heteroatoms. The number of carbonyl (C=O) groups excluding carboxylic acids is 2. The minimum absolute atomic E-state index is 0.0317. The molecule has 0 aliphatic carbocycles. The van der Waals surface area contributed by atoms with E-state index < -0.39 is 63.6 Å². The molecule has 3 aromatic rings. The Labute approximate surface area is 177 Å². The quantitative estimate of drug-likeness (QED) is 0.345. The Morgan fingerprint density at radius 1 is 1.19 bits per heavy atom. The topological polar surface area (TPSA) is 112 Å². The number of hydrogen-bond acceptors (Lipinski definition) is 6. The van der Waals surface area contributed by atoms with E-state index in [0.717, 1.165) is 19.1 Å². The molecule has 0 spiro atoms. The van der Waals surface area contributed by atoms with E-state index in [1.165, 1.54) is 12.1 Å². The molecule has 1 aromatic heterocycles. The summed E-state index contributed by atoms with van der Waals surface area (Å²) in [5.74, 6) is -5.45. The number of alkyl halides is 1. The molecular weight excluding hydrogens is 441 g/mol. The number of benzene rings is 2. The molecule has 7 nitrogen and oxygen atoms in total. The molecular formula is C20H14ClF3N2O5. The second kappa shape index (κ2) is 8.68. The molecule has 3 N–H and O–H groups in total. The second-order valence-corrected chi connectivity index (χ2v) is 6.62. The normalized spacial score (nSPS) is 10.9. The number of hydrogen-bond donors (Lipinski definition) is 2. The van der Waals surface area contributed by atoms with Crippen molar-refractivity contribution in [2.24, 2.45) is 0 Å². The van der Waals surface area contributed by atoms with Crippen LogP contribution in [0.15, 0.2) is 33.5 Å². The molecule has 1 amide bonds. The van der Waals surface area contributed by atoms with Crippen LogP contribution in [0, 0.1) is 17.5 Å². The van der Waals surface area contributed by atoms with Crippen molar-refractivity contribution in [1.29, 1.82) is 0 Å². The lowest BCUT2D eigenvalue weighted by Gasteiger charge is -2.12. The Hall–Kier alpha value is -3.53. The van der Waals surface area contributed by atoms with Crippen LogP contribution in [0.2, 0.25) is 0 Å². The van der Waals surface area contributed by atoms with Gasteiger partial charge in [-0.15, -0.1) is 11.6 Å². The van der Waals surface area contributed by atoms with Crippen molar-refractivity contribution >= 4 is 45.8 Å². The third-order valence-corrected chi connectivity index (χ3v) is 4.49. The molecule has 0 saturated heterocycles. The lowest BCUT2D eigenvalue weighted by molar-refractivity contribution is -0.142. The van der Waals surface area contributed by atoms with E-state index in [-0.39, 0.29) is 22.9 Å². The highest BCUT2D eigenvalue weighted by molar-refractivity contribution is 6.29. The fourth-order valence-corrected chi connectivity index (χ4v) is 2.87. The second-order valence-electron chi connectivity index (χ2n) is 6.36. The monoisotopic (exact) mass is 454 g/mol. The first-order chi connectivity index (χ1) is 14.6. The number of nitrogens with one attached hydrogen (secondary N) is 1. The minimum atomic E-state index is -1.28. The summed E-state index contributed by atoms with van der Waals surface area (Å²) in [5.41, 5.74) is 2.57. The Morgan fingerprint density at radius 3 is 2.52 bits per heavy atom. The Bertz CT molecular complexity index is 1280. The highest BCUT2D eigenvalue weighted by Gasteiger charge is 2.24. The van der Waals surface area contributed by atoms with Crippen LogP contribution in [-0.2, 0) is 20.9 Å². The average Bonchev–Trinajstić information content (AvgIpc) is 2.72. The summed E-state index contributed by atoms with van der Waals surface area (Å²) in [6, 6.07) is 4.34. The van der Waals surface area contributed by atoms with Crippen LogP contribution in [0.5, 0.6) is 0 Å². The summed E-state index contributed by atoms with van der Waals surface area (Å²) in [6.07, 6.45) is 0. The van der Waals surface area contributed by atoms with E-state index in [0.29, 0.717) is 0 Å². The molecule has 1 heterocycles. The van der Waals surface area contributed by atoms with Crippen molar-refractivity contribution in [3.05, 3.63) is 57.5 Å². The van der Waals surface area contributed by atoms with Gasteiger partial charge in [0.25, 0.3) is 0 Å². The van der Waals surface area contributed by atoms with E-state index in [1.54, 1.807) is 0 Å². The van der Waals surface area contributed by atoms with Gasteiger partial charge in [-0.3, -0.25) is 14.4 Å². The molecule has 0 radical (unpaired) electrons. The molecule has 162 valence electrons. The van der Waals surface area contributed by atoms with Gasteiger partial charge in [0.05, 0.1) is 22.3 Å². The molecule has 31 heavy (non-hydrogen) atoms. The molecule has 0 atom stereocenters. The Balaban J connectivity index is 2.15. The van der Waals surface area contributed by atoms with Crippen LogP contribution in [0.4, 0.5) is 24.5 Å². The summed E-state index contributed by atoms with van der Waals surface area (Å²) in [5, 5.41) is 1.69. The van der Waals surface area contributed by atoms with Crippen molar-refractivity contribution in [3.8, 4) is 11.3 Å². The molecule has 3 rings (SSSR count). The summed E-state index contributed by atoms with van der Waals surface area (Å²) in [4.78, 5) is 34.8. The van der Waals surface area contributed by atoms with E-state index in [1.807, 2.05) is 0 Å². The van der Waals surface area contributed by atoms with Crippen LogP contribution in [-0.4, -0.2) is 17.8 Å². The number of amides is 1.